The first-order valence-corrected chi connectivity index (χ1v) is 10.7. The minimum atomic E-state index is 0.0210. The topological polar surface area (TPSA) is 70.8 Å². The van der Waals surface area contributed by atoms with Crippen LogP contribution in [0, 0.1) is 6.92 Å². The minimum absolute atomic E-state index is 0.0210. The standard InChI is InChI=1S/C25H29NO5/c1-5-28-22-13-9-18(15-24(22)30-7-3)25-26-19(16-31-25)10-12-21(27)20-11-8-17(4)14-23(20)29-6-2/h8-9,11,13-16H,5-7,10,12H2,1-4H3. The number of benzene rings is 2. The summed E-state index contributed by atoms with van der Waals surface area (Å²) < 4.78 is 22.6. The molecule has 0 saturated heterocycles. The Hall–Kier alpha value is -3.28. The van der Waals surface area contributed by atoms with Crippen LogP contribution in [0.25, 0.3) is 11.5 Å². The first-order valence-electron chi connectivity index (χ1n) is 10.7. The van der Waals surface area contributed by atoms with Crippen molar-refractivity contribution in [1.82, 2.24) is 4.98 Å². The van der Waals surface area contributed by atoms with Gasteiger partial charge >= 0.3 is 0 Å². The summed E-state index contributed by atoms with van der Waals surface area (Å²) in [5.41, 5.74) is 3.17. The molecule has 0 unspecified atom stereocenters. The molecule has 3 aromatic rings. The van der Waals surface area contributed by atoms with Crippen LogP contribution >= 0.6 is 0 Å². The van der Waals surface area contributed by atoms with Gasteiger partial charge in [-0.1, -0.05) is 6.07 Å². The predicted molar refractivity (Wildman–Crippen MR) is 119 cm³/mol. The molecule has 1 aromatic heterocycles. The van der Waals surface area contributed by atoms with Crippen molar-refractivity contribution >= 4 is 5.78 Å². The summed E-state index contributed by atoms with van der Waals surface area (Å²) in [6, 6.07) is 11.2. The maximum Gasteiger partial charge on any atom is 0.226 e. The summed E-state index contributed by atoms with van der Waals surface area (Å²) in [7, 11) is 0. The largest absolute Gasteiger partial charge is 0.493 e. The highest BCUT2D eigenvalue weighted by Crippen LogP contribution is 2.33. The molecule has 6 nitrogen and oxygen atoms in total. The van der Waals surface area contributed by atoms with Gasteiger partial charge in [-0.25, -0.2) is 4.98 Å². The van der Waals surface area contributed by atoms with Crippen molar-refractivity contribution in [3.63, 3.8) is 0 Å². The third-order valence-corrected chi connectivity index (χ3v) is 4.69. The molecule has 0 saturated carbocycles. The number of ether oxygens (including phenoxy) is 3. The monoisotopic (exact) mass is 423 g/mol. The first kappa shape index (κ1) is 22.4. The van der Waals surface area contributed by atoms with Crippen LogP contribution in [-0.4, -0.2) is 30.6 Å². The minimum Gasteiger partial charge on any atom is -0.493 e. The van der Waals surface area contributed by atoms with Crippen LogP contribution < -0.4 is 14.2 Å². The highest BCUT2D eigenvalue weighted by atomic mass is 16.5. The Morgan fingerprint density at radius 3 is 2.35 bits per heavy atom. The highest BCUT2D eigenvalue weighted by Gasteiger charge is 2.15. The molecule has 0 aliphatic carbocycles. The zero-order valence-electron chi connectivity index (χ0n) is 18.6. The van der Waals surface area contributed by atoms with Crippen LogP contribution in [0.15, 0.2) is 47.1 Å². The molecule has 0 aliphatic rings. The van der Waals surface area contributed by atoms with Crippen LogP contribution in [-0.2, 0) is 6.42 Å². The Morgan fingerprint density at radius 2 is 1.61 bits per heavy atom. The third-order valence-electron chi connectivity index (χ3n) is 4.69. The van der Waals surface area contributed by atoms with E-state index in [0.29, 0.717) is 61.4 Å². The summed E-state index contributed by atoms with van der Waals surface area (Å²) >= 11 is 0. The molecule has 0 fully saturated rings. The Morgan fingerprint density at radius 1 is 0.903 bits per heavy atom. The Bertz CT molecular complexity index is 1020. The van der Waals surface area contributed by atoms with E-state index in [1.165, 1.54) is 0 Å². The molecule has 0 spiro atoms. The van der Waals surface area contributed by atoms with Crippen molar-refractivity contribution in [2.75, 3.05) is 19.8 Å². The Labute approximate surface area is 183 Å². The van der Waals surface area contributed by atoms with Crippen LogP contribution in [0.1, 0.15) is 48.8 Å². The maximum absolute atomic E-state index is 12.7. The summed E-state index contributed by atoms with van der Waals surface area (Å²) in [6.07, 6.45) is 2.40. The lowest BCUT2D eigenvalue weighted by molar-refractivity contribution is 0.0979. The van der Waals surface area contributed by atoms with Crippen molar-refractivity contribution in [2.45, 2.75) is 40.5 Å². The summed E-state index contributed by atoms with van der Waals surface area (Å²) in [6.45, 7) is 9.35. The smallest absolute Gasteiger partial charge is 0.226 e. The summed E-state index contributed by atoms with van der Waals surface area (Å²) in [4.78, 5) is 17.3. The number of oxazole rings is 1. The number of carbonyl (C=O) groups excluding carboxylic acids is 1. The molecular weight excluding hydrogens is 394 g/mol. The fourth-order valence-corrected chi connectivity index (χ4v) is 3.25. The fourth-order valence-electron chi connectivity index (χ4n) is 3.25. The van der Waals surface area contributed by atoms with Gasteiger partial charge in [0.1, 0.15) is 12.0 Å². The van der Waals surface area contributed by atoms with Gasteiger partial charge in [-0.15, -0.1) is 0 Å². The molecule has 0 atom stereocenters. The van der Waals surface area contributed by atoms with Gasteiger partial charge in [0.25, 0.3) is 0 Å². The second-order valence-electron chi connectivity index (χ2n) is 7.03. The molecule has 0 aliphatic heterocycles. The quantitative estimate of drug-likeness (QED) is 0.371. The first-order chi connectivity index (χ1) is 15.0. The number of hydrogen-bond acceptors (Lipinski definition) is 6. The lowest BCUT2D eigenvalue weighted by Crippen LogP contribution is -2.06. The molecule has 0 amide bonds. The van der Waals surface area contributed by atoms with Crippen molar-refractivity contribution in [1.29, 1.82) is 0 Å². The van der Waals surface area contributed by atoms with Crippen LogP contribution in [0.2, 0.25) is 0 Å². The molecule has 1 heterocycles. The molecule has 31 heavy (non-hydrogen) atoms. The van der Waals surface area contributed by atoms with Crippen molar-refractivity contribution in [2.24, 2.45) is 0 Å². The van der Waals surface area contributed by atoms with Gasteiger partial charge in [-0.3, -0.25) is 4.79 Å². The Balaban J connectivity index is 1.71. The van der Waals surface area contributed by atoms with E-state index in [4.69, 9.17) is 18.6 Å². The molecule has 164 valence electrons. The number of hydrogen-bond donors (Lipinski definition) is 0. The van der Waals surface area contributed by atoms with Gasteiger partial charge < -0.3 is 18.6 Å². The van der Waals surface area contributed by atoms with E-state index < -0.39 is 0 Å². The molecule has 0 N–H and O–H groups in total. The van der Waals surface area contributed by atoms with Crippen LogP contribution in [0.4, 0.5) is 0 Å². The molecule has 0 bridgehead atoms. The average molecular weight is 424 g/mol. The number of aromatic nitrogens is 1. The number of rotatable bonds is 11. The maximum atomic E-state index is 12.7. The average Bonchev–Trinajstić information content (AvgIpc) is 3.23. The molecule has 0 radical (unpaired) electrons. The van der Waals surface area contributed by atoms with Gasteiger partial charge in [0.15, 0.2) is 17.3 Å². The number of carbonyl (C=O) groups is 1. The van der Waals surface area contributed by atoms with Crippen molar-refractivity contribution < 1.29 is 23.4 Å². The van der Waals surface area contributed by atoms with Crippen molar-refractivity contribution in [3.05, 3.63) is 59.5 Å². The van der Waals surface area contributed by atoms with E-state index >= 15 is 0 Å². The number of aryl methyl sites for hydroxylation is 2. The van der Waals surface area contributed by atoms with E-state index in [9.17, 15) is 4.79 Å². The molecule has 3 rings (SSSR count). The Kier molecular flexibility index (Phi) is 7.70. The van der Waals surface area contributed by atoms with E-state index in [-0.39, 0.29) is 5.78 Å². The molecule has 6 heteroatoms. The van der Waals surface area contributed by atoms with Crippen LogP contribution in [0.5, 0.6) is 17.2 Å². The second-order valence-corrected chi connectivity index (χ2v) is 7.03. The van der Waals surface area contributed by atoms with Gasteiger partial charge in [0.05, 0.1) is 31.1 Å². The third kappa shape index (κ3) is 5.66. The number of Topliss-reactive ketones (excluding diaryl/α,β-unsaturated/α-hetero) is 1. The van der Waals surface area contributed by atoms with E-state index in [2.05, 4.69) is 4.98 Å². The van der Waals surface area contributed by atoms with Gasteiger partial charge in [0.2, 0.25) is 5.89 Å². The second kappa shape index (κ2) is 10.7. The zero-order valence-corrected chi connectivity index (χ0v) is 18.6. The lowest BCUT2D eigenvalue weighted by Gasteiger charge is -2.11. The number of nitrogens with zero attached hydrogens (tertiary/aromatic N) is 1. The normalized spacial score (nSPS) is 10.7. The molecular formula is C25H29NO5. The predicted octanol–water partition coefficient (Wildman–Crippen LogP) is 5.66. The zero-order chi connectivity index (χ0) is 22.2. The van der Waals surface area contributed by atoms with Gasteiger partial charge in [-0.05, 0) is 63.6 Å². The van der Waals surface area contributed by atoms with Crippen LogP contribution in [0.3, 0.4) is 0 Å². The number of ketones is 1. The van der Waals surface area contributed by atoms with E-state index in [0.717, 1.165) is 16.8 Å². The lowest BCUT2D eigenvalue weighted by atomic mass is 10.0. The summed E-state index contributed by atoms with van der Waals surface area (Å²) in [5, 5.41) is 0. The SMILES string of the molecule is CCOc1ccc(-c2nc(CCC(=O)c3ccc(C)cc3OCC)co2)cc1OCC. The highest BCUT2D eigenvalue weighted by molar-refractivity contribution is 5.98. The van der Waals surface area contributed by atoms with E-state index in [1.54, 1.807) is 6.26 Å². The van der Waals surface area contributed by atoms with Gasteiger partial charge in [0, 0.05) is 18.4 Å². The molecule has 2 aromatic carbocycles. The van der Waals surface area contributed by atoms with E-state index in [1.807, 2.05) is 64.1 Å². The van der Waals surface area contributed by atoms with Gasteiger partial charge in [-0.2, -0.15) is 0 Å². The fraction of sp³-hybridized carbons (Fsp3) is 0.360. The summed E-state index contributed by atoms with van der Waals surface area (Å²) in [5.74, 6) is 2.48. The van der Waals surface area contributed by atoms with Crippen molar-refractivity contribution in [3.8, 4) is 28.7 Å².